The molecule has 23 heavy (non-hydrogen) atoms. The molecule has 0 bridgehead atoms. The second kappa shape index (κ2) is 6.50. The topological polar surface area (TPSA) is 34.0 Å². The fraction of sp³-hybridized carbons (Fsp3) is 0.368. The molecule has 118 valence electrons. The number of rotatable bonds is 5. The Labute approximate surface area is 136 Å². The lowest BCUT2D eigenvalue weighted by atomic mass is 10.1. The van der Waals surface area contributed by atoms with Crippen molar-refractivity contribution in [2.45, 2.75) is 25.8 Å². The van der Waals surface area contributed by atoms with Crippen LogP contribution in [0.3, 0.4) is 0 Å². The molecule has 4 nitrogen and oxygen atoms in total. The van der Waals surface area contributed by atoms with Gasteiger partial charge in [-0.25, -0.2) is 9.97 Å². The second-order valence-corrected chi connectivity index (χ2v) is 6.24. The van der Waals surface area contributed by atoms with Crippen molar-refractivity contribution in [3.8, 4) is 0 Å². The normalized spacial score (nSPS) is 15.5. The third-order valence-corrected chi connectivity index (χ3v) is 4.63. The molecule has 2 aromatic heterocycles. The number of imidazole rings is 1. The standard InChI is InChI=1S/C19H22N4/c1-2-7-16(8-3-1)15-18-21-17-9-6-10-20-19(17)23(18)14-13-22-11-4-5-12-22/h1-3,6-10H,4-5,11-15H2. The summed E-state index contributed by atoms with van der Waals surface area (Å²) in [6, 6.07) is 14.6. The van der Waals surface area contributed by atoms with Crippen molar-refractivity contribution >= 4 is 11.2 Å². The van der Waals surface area contributed by atoms with Gasteiger partial charge < -0.3 is 9.47 Å². The van der Waals surface area contributed by atoms with Gasteiger partial charge in [-0.2, -0.15) is 0 Å². The van der Waals surface area contributed by atoms with Crippen LogP contribution in [0.2, 0.25) is 0 Å². The van der Waals surface area contributed by atoms with Crippen molar-refractivity contribution in [2.24, 2.45) is 0 Å². The summed E-state index contributed by atoms with van der Waals surface area (Å²) in [5.41, 5.74) is 3.31. The molecule has 4 heteroatoms. The Hall–Kier alpha value is -2.20. The molecule has 0 saturated carbocycles. The summed E-state index contributed by atoms with van der Waals surface area (Å²) in [4.78, 5) is 11.9. The summed E-state index contributed by atoms with van der Waals surface area (Å²) in [6.07, 6.45) is 5.39. The molecular weight excluding hydrogens is 284 g/mol. The van der Waals surface area contributed by atoms with Crippen molar-refractivity contribution < 1.29 is 0 Å². The molecule has 4 rings (SSSR count). The number of pyridine rings is 1. The first-order valence-corrected chi connectivity index (χ1v) is 8.46. The Bertz CT molecular complexity index is 772. The van der Waals surface area contributed by atoms with Crippen LogP contribution in [-0.4, -0.2) is 39.1 Å². The minimum Gasteiger partial charge on any atom is -0.311 e. The fourth-order valence-corrected chi connectivity index (χ4v) is 3.40. The van der Waals surface area contributed by atoms with Crippen LogP contribution in [-0.2, 0) is 13.0 Å². The smallest absolute Gasteiger partial charge is 0.160 e. The lowest BCUT2D eigenvalue weighted by Crippen LogP contribution is -2.24. The average Bonchev–Trinajstić information content (AvgIpc) is 3.21. The molecule has 0 amide bonds. The van der Waals surface area contributed by atoms with E-state index in [0.29, 0.717) is 0 Å². The highest BCUT2D eigenvalue weighted by atomic mass is 15.2. The maximum atomic E-state index is 4.84. The zero-order chi connectivity index (χ0) is 15.5. The summed E-state index contributed by atoms with van der Waals surface area (Å²) in [5, 5.41) is 0. The van der Waals surface area contributed by atoms with E-state index in [1.807, 2.05) is 12.3 Å². The van der Waals surface area contributed by atoms with Gasteiger partial charge in [-0.3, -0.25) is 0 Å². The minimum absolute atomic E-state index is 0.858. The number of hydrogen-bond acceptors (Lipinski definition) is 3. The van der Waals surface area contributed by atoms with Gasteiger partial charge in [0.05, 0.1) is 0 Å². The molecule has 1 aromatic carbocycles. The van der Waals surface area contributed by atoms with E-state index in [-0.39, 0.29) is 0 Å². The first kappa shape index (κ1) is 14.4. The zero-order valence-electron chi connectivity index (χ0n) is 13.4. The van der Waals surface area contributed by atoms with E-state index in [1.54, 1.807) is 0 Å². The van der Waals surface area contributed by atoms with Crippen LogP contribution in [0.4, 0.5) is 0 Å². The van der Waals surface area contributed by atoms with Crippen LogP contribution in [0.25, 0.3) is 11.2 Å². The van der Waals surface area contributed by atoms with Crippen LogP contribution in [0, 0.1) is 0 Å². The van der Waals surface area contributed by atoms with Gasteiger partial charge in [0.2, 0.25) is 0 Å². The van der Waals surface area contributed by atoms with E-state index in [0.717, 1.165) is 36.5 Å². The van der Waals surface area contributed by atoms with E-state index >= 15 is 0 Å². The van der Waals surface area contributed by atoms with E-state index in [2.05, 4.69) is 50.8 Å². The van der Waals surface area contributed by atoms with Crippen LogP contribution < -0.4 is 0 Å². The molecule has 0 spiro atoms. The SMILES string of the molecule is c1ccc(Cc2nc3cccnc3n2CCN2CCCC2)cc1. The van der Waals surface area contributed by atoms with Crippen molar-refractivity contribution in [2.75, 3.05) is 19.6 Å². The van der Waals surface area contributed by atoms with Gasteiger partial charge in [-0.15, -0.1) is 0 Å². The van der Waals surface area contributed by atoms with E-state index in [1.165, 1.54) is 31.5 Å². The van der Waals surface area contributed by atoms with Gasteiger partial charge in [0.25, 0.3) is 0 Å². The Balaban J connectivity index is 1.63. The summed E-state index contributed by atoms with van der Waals surface area (Å²) >= 11 is 0. The third-order valence-electron chi connectivity index (χ3n) is 4.63. The molecular formula is C19H22N4. The van der Waals surface area contributed by atoms with Crippen molar-refractivity contribution in [1.82, 2.24) is 19.4 Å². The van der Waals surface area contributed by atoms with Gasteiger partial charge in [-0.05, 0) is 43.6 Å². The first-order chi connectivity index (χ1) is 11.4. The quantitative estimate of drug-likeness (QED) is 0.726. The predicted molar refractivity (Wildman–Crippen MR) is 92.5 cm³/mol. The lowest BCUT2D eigenvalue weighted by molar-refractivity contribution is 0.322. The fourth-order valence-electron chi connectivity index (χ4n) is 3.40. The molecule has 0 unspecified atom stereocenters. The molecule has 1 aliphatic heterocycles. The molecule has 0 N–H and O–H groups in total. The Morgan fingerprint density at radius 2 is 1.74 bits per heavy atom. The van der Waals surface area contributed by atoms with Crippen LogP contribution in [0.15, 0.2) is 48.7 Å². The van der Waals surface area contributed by atoms with Crippen molar-refractivity contribution in [3.05, 3.63) is 60.0 Å². The molecule has 0 radical (unpaired) electrons. The number of hydrogen-bond donors (Lipinski definition) is 0. The van der Waals surface area contributed by atoms with Crippen LogP contribution in [0.5, 0.6) is 0 Å². The Morgan fingerprint density at radius 1 is 0.913 bits per heavy atom. The summed E-state index contributed by atoms with van der Waals surface area (Å²) < 4.78 is 2.31. The minimum atomic E-state index is 0.858. The Morgan fingerprint density at radius 3 is 2.57 bits per heavy atom. The number of likely N-dealkylation sites (tertiary alicyclic amines) is 1. The third kappa shape index (κ3) is 3.13. The van der Waals surface area contributed by atoms with Crippen molar-refractivity contribution in [3.63, 3.8) is 0 Å². The highest BCUT2D eigenvalue weighted by Crippen LogP contribution is 2.17. The first-order valence-electron chi connectivity index (χ1n) is 8.46. The molecule has 0 aliphatic carbocycles. The highest BCUT2D eigenvalue weighted by Gasteiger charge is 2.15. The summed E-state index contributed by atoms with van der Waals surface area (Å²) in [5.74, 6) is 1.11. The van der Waals surface area contributed by atoms with Crippen molar-refractivity contribution in [1.29, 1.82) is 0 Å². The highest BCUT2D eigenvalue weighted by molar-refractivity contribution is 5.71. The maximum absolute atomic E-state index is 4.84. The molecule has 0 atom stereocenters. The second-order valence-electron chi connectivity index (χ2n) is 6.24. The number of fused-ring (bicyclic) bond motifs is 1. The zero-order valence-corrected chi connectivity index (χ0v) is 13.4. The summed E-state index contributed by atoms with van der Waals surface area (Å²) in [7, 11) is 0. The Kier molecular flexibility index (Phi) is 4.07. The summed E-state index contributed by atoms with van der Waals surface area (Å²) in [6.45, 7) is 4.52. The maximum Gasteiger partial charge on any atom is 0.160 e. The van der Waals surface area contributed by atoms with Gasteiger partial charge >= 0.3 is 0 Å². The van der Waals surface area contributed by atoms with E-state index in [4.69, 9.17) is 4.98 Å². The lowest BCUT2D eigenvalue weighted by Gasteiger charge is -2.16. The number of nitrogens with zero attached hydrogens (tertiary/aromatic N) is 4. The van der Waals surface area contributed by atoms with Crippen LogP contribution in [0.1, 0.15) is 24.2 Å². The number of aromatic nitrogens is 3. The monoisotopic (exact) mass is 306 g/mol. The molecule has 1 saturated heterocycles. The van der Waals surface area contributed by atoms with Gasteiger partial charge in [0.15, 0.2) is 5.65 Å². The van der Waals surface area contributed by atoms with E-state index < -0.39 is 0 Å². The van der Waals surface area contributed by atoms with Gasteiger partial charge in [-0.1, -0.05) is 30.3 Å². The van der Waals surface area contributed by atoms with Gasteiger partial charge in [0.1, 0.15) is 11.3 Å². The number of benzene rings is 1. The molecule has 1 aliphatic rings. The van der Waals surface area contributed by atoms with Crippen LogP contribution >= 0.6 is 0 Å². The molecule has 1 fully saturated rings. The van der Waals surface area contributed by atoms with E-state index in [9.17, 15) is 0 Å². The average molecular weight is 306 g/mol. The van der Waals surface area contributed by atoms with Gasteiger partial charge in [0, 0.05) is 25.7 Å². The molecule has 3 heterocycles. The predicted octanol–water partition coefficient (Wildman–Crippen LogP) is 3.12. The largest absolute Gasteiger partial charge is 0.311 e. The molecule has 3 aromatic rings.